The van der Waals surface area contributed by atoms with Crippen LogP contribution in [-0.2, 0) is 11.3 Å². The molecule has 1 aliphatic carbocycles. The van der Waals surface area contributed by atoms with Crippen LogP contribution in [-0.4, -0.2) is 54.1 Å². The highest BCUT2D eigenvalue weighted by Gasteiger charge is 2.33. The van der Waals surface area contributed by atoms with Crippen molar-refractivity contribution >= 4 is 5.96 Å². The zero-order valence-corrected chi connectivity index (χ0v) is 18.6. The van der Waals surface area contributed by atoms with Crippen molar-refractivity contribution < 1.29 is 18.9 Å². The van der Waals surface area contributed by atoms with E-state index in [1.54, 1.807) is 28.4 Å². The molecular formula is C22H37N3O4. The highest BCUT2D eigenvalue weighted by molar-refractivity contribution is 5.79. The Morgan fingerprint density at radius 1 is 1.03 bits per heavy atom. The van der Waals surface area contributed by atoms with Gasteiger partial charge in [0.15, 0.2) is 17.5 Å². The Labute approximate surface area is 175 Å². The van der Waals surface area contributed by atoms with Crippen molar-refractivity contribution in [1.29, 1.82) is 0 Å². The average Bonchev–Trinajstić information content (AvgIpc) is 3.22. The van der Waals surface area contributed by atoms with E-state index in [2.05, 4.69) is 15.6 Å². The molecule has 2 N–H and O–H groups in total. The molecule has 0 bridgehead atoms. The van der Waals surface area contributed by atoms with Gasteiger partial charge in [-0.2, -0.15) is 0 Å². The van der Waals surface area contributed by atoms with E-state index in [0.29, 0.717) is 29.2 Å². The minimum atomic E-state index is 0.299. The second kappa shape index (κ2) is 11.8. The Kier molecular flexibility index (Phi) is 9.38. The highest BCUT2D eigenvalue weighted by atomic mass is 16.5. The van der Waals surface area contributed by atoms with Crippen LogP contribution in [0.3, 0.4) is 0 Å². The second-order valence-electron chi connectivity index (χ2n) is 7.43. The van der Waals surface area contributed by atoms with Gasteiger partial charge in [-0.25, -0.2) is 0 Å². The molecule has 1 aromatic carbocycles. The maximum atomic E-state index is 5.62. The first-order chi connectivity index (χ1) is 14.1. The fourth-order valence-corrected chi connectivity index (χ4v) is 4.05. The van der Waals surface area contributed by atoms with Crippen molar-refractivity contribution in [1.82, 2.24) is 10.6 Å². The van der Waals surface area contributed by atoms with E-state index in [1.165, 1.54) is 25.7 Å². The van der Waals surface area contributed by atoms with Crippen LogP contribution in [0.2, 0.25) is 0 Å². The van der Waals surface area contributed by atoms with E-state index in [-0.39, 0.29) is 0 Å². The number of nitrogens with one attached hydrogen (secondary N) is 2. The summed E-state index contributed by atoms with van der Waals surface area (Å²) < 4.78 is 22.0. The molecule has 1 aliphatic rings. The summed E-state index contributed by atoms with van der Waals surface area (Å²) >= 11 is 0. The Morgan fingerprint density at radius 3 is 2.34 bits per heavy atom. The summed E-state index contributed by atoms with van der Waals surface area (Å²) in [6, 6.07) is 3.86. The molecule has 0 amide bonds. The number of hydrogen-bond donors (Lipinski definition) is 2. The lowest BCUT2D eigenvalue weighted by molar-refractivity contribution is 0.105. The molecule has 2 rings (SSSR count). The van der Waals surface area contributed by atoms with Crippen molar-refractivity contribution in [2.75, 3.05) is 48.1 Å². The van der Waals surface area contributed by atoms with Crippen LogP contribution in [0.1, 0.15) is 44.6 Å². The summed E-state index contributed by atoms with van der Waals surface area (Å²) in [6.45, 7) is 5.12. The van der Waals surface area contributed by atoms with E-state index >= 15 is 0 Å². The van der Waals surface area contributed by atoms with Crippen LogP contribution < -0.4 is 24.8 Å². The highest BCUT2D eigenvalue weighted by Crippen LogP contribution is 2.41. The fourth-order valence-electron chi connectivity index (χ4n) is 4.05. The van der Waals surface area contributed by atoms with Crippen LogP contribution in [0.4, 0.5) is 0 Å². The zero-order valence-electron chi connectivity index (χ0n) is 18.6. The minimum Gasteiger partial charge on any atom is -0.493 e. The number of nitrogens with zero attached hydrogens (tertiary/aromatic N) is 1. The normalized spacial score (nSPS) is 15.8. The summed E-state index contributed by atoms with van der Waals surface area (Å²) in [5, 5.41) is 6.91. The SMILES string of the molecule is CCOCCC1(CNC(=NC)NCc2ccc(OC)c(OC)c2OC)CCCC1. The number of hydrogen-bond acceptors (Lipinski definition) is 5. The molecule has 1 aromatic rings. The third kappa shape index (κ3) is 6.16. The number of ether oxygens (including phenoxy) is 4. The molecule has 7 heteroatoms. The summed E-state index contributed by atoms with van der Waals surface area (Å²) in [4.78, 5) is 4.39. The second-order valence-corrected chi connectivity index (χ2v) is 7.43. The zero-order chi connectivity index (χ0) is 21.1. The molecule has 0 heterocycles. The maximum absolute atomic E-state index is 5.62. The molecule has 1 fully saturated rings. The predicted octanol–water partition coefficient (Wildman–Crippen LogP) is 3.36. The van der Waals surface area contributed by atoms with Gasteiger partial charge in [0.2, 0.25) is 5.75 Å². The van der Waals surface area contributed by atoms with Gasteiger partial charge in [-0.15, -0.1) is 0 Å². The number of rotatable bonds is 11. The lowest BCUT2D eigenvalue weighted by atomic mass is 9.83. The lowest BCUT2D eigenvalue weighted by Crippen LogP contribution is -2.43. The summed E-state index contributed by atoms with van der Waals surface area (Å²) in [5.41, 5.74) is 1.27. The van der Waals surface area contributed by atoms with Gasteiger partial charge in [-0.05, 0) is 43.7 Å². The van der Waals surface area contributed by atoms with Crippen molar-refractivity contribution in [2.24, 2.45) is 10.4 Å². The van der Waals surface area contributed by atoms with E-state index in [4.69, 9.17) is 18.9 Å². The van der Waals surface area contributed by atoms with Gasteiger partial charge in [0.1, 0.15) is 0 Å². The third-order valence-electron chi connectivity index (χ3n) is 5.73. The van der Waals surface area contributed by atoms with Crippen LogP contribution in [0.15, 0.2) is 17.1 Å². The van der Waals surface area contributed by atoms with Crippen molar-refractivity contribution in [3.05, 3.63) is 17.7 Å². The van der Waals surface area contributed by atoms with Crippen LogP contribution in [0.5, 0.6) is 17.2 Å². The molecule has 0 unspecified atom stereocenters. The number of aliphatic imine (C=N–C) groups is 1. The van der Waals surface area contributed by atoms with Crippen LogP contribution >= 0.6 is 0 Å². The molecule has 0 atom stereocenters. The molecular weight excluding hydrogens is 370 g/mol. The molecule has 0 saturated heterocycles. The molecule has 0 radical (unpaired) electrons. The smallest absolute Gasteiger partial charge is 0.203 e. The molecule has 1 saturated carbocycles. The maximum Gasteiger partial charge on any atom is 0.203 e. The van der Waals surface area contributed by atoms with E-state index in [1.807, 2.05) is 19.1 Å². The molecule has 164 valence electrons. The molecule has 0 aromatic heterocycles. The number of methoxy groups -OCH3 is 3. The first-order valence-corrected chi connectivity index (χ1v) is 10.4. The molecule has 7 nitrogen and oxygen atoms in total. The van der Waals surface area contributed by atoms with Gasteiger partial charge < -0.3 is 29.6 Å². The Balaban J connectivity index is 1.98. The monoisotopic (exact) mass is 407 g/mol. The first-order valence-electron chi connectivity index (χ1n) is 10.4. The largest absolute Gasteiger partial charge is 0.493 e. The predicted molar refractivity (Wildman–Crippen MR) is 116 cm³/mol. The Hall–Kier alpha value is -2.15. The van der Waals surface area contributed by atoms with Crippen LogP contribution in [0.25, 0.3) is 0 Å². The van der Waals surface area contributed by atoms with Gasteiger partial charge in [0, 0.05) is 38.9 Å². The standard InChI is InChI=1S/C22H37N3O4/c1-6-29-14-13-22(11-7-8-12-22)16-25-21(23-2)24-15-17-9-10-18(26-3)20(28-5)19(17)27-4/h9-10H,6-8,11-16H2,1-5H3,(H2,23,24,25). The molecule has 0 spiro atoms. The summed E-state index contributed by atoms with van der Waals surface area (Å²) in [7, 11) is 6.66. The third-order valence-corrected chi connectivity index (χ3v) is 5.73. The van der Waals surface area contributed by atoms with Crippen LogP contribution in [0, 0.1) is 5.41 Å². The Bertz CT molecular complexity index is 658. The number of guanidine groups is 1. The fraction of sp³-hybridized carbons (Fsp3) is 0.682. The van der Waals surface area contributed by atoms with E-state index < -0.39 is 0 Å². The minimum absolute atomic E-state index is 0.299. The van der Waals surface area contributed by atoms with Crippen molar-refractivity contribution in [2.45, 2.75) is 45.6 Å². The van der Waals surface area contributed by atoms with Gasteiger partial charge in [-0.3, -0.25) is 4.99 Å². The van der Waals surface area contributed by atoms with Gasteiger partial charge >= 0.3 is 0 Å². The average molecular weight is 408 g/mol. The Morgan fingerprint density at radius 2 is 1.76 bits per heavy atom. The van der Waals surface area contributed by atoms with Crippen molar-refractivity contribution in [3.63, 3.8) is 0 Å². The first kappa shape index (κ1) is 23.1. The van der Waals surface area contributed by atoms with E-state index in [9.17, 15) is 0 Å². The molecule has 0 aliphatic heterocycles. The number of benzene rings is 1. The van der Waals surface area contributed by atoms with E-state index in [0.717, 1.165) is 37.7 Å². The van der Waals surface area contributed by atoms with Crippen molar-refractivity contribution in [3.8, 4) is 17.2 Å². The summed E-state index contributed by atoms with van der Waals surface area (Å²) in [6.07, 6.45) is 6.17. The molecule has 29 heavy (non-hydrogen) atoms. The van der Waals surface area contributed by atoms with Gasteiger partial charge in [-0.1, -0.05) is 12.8 Å². The van der Waals surface area contributed by atoms with Gasteiger partial charge in [0.25, 0.3) is 0 Å². The summed E-state index contributed by atoms with van der Waals surface area (Å²) in [5.74, 6) is 2.69. The lowest BCUT2D eigenvalue weighted by Gasteiger charge is -2.30. The van der Waals surface area contributed by atoms with Gasteiger partial charge in [0.05, 0.1) is 21.3 Å². The quantitative estimate of drug-likeness (QED) is 0.333. The topological polar surface area (TPSA) is 73.3 Å².